The molecule has 0 spiro atoms. The lowest BCUT2D eigenvalue weighted by Gasteiger charge is -2.22. The molecule has 2 aromatic carbocycles. The highest BCUT2D eigenvalue weighted by Crippen LogP contribution is 2.31. The van der Waals surface area contributed by atoms with Gasteiger partial charge in [-0.25, -0.2) is 9.37 Å². The van der Waals surface area contributed by atoms with Crippen LogP contribution in [0, 0.1) is 17.1 Å². The molecule has 8 heteroatoms. The summed E-state index contributed by atoms with van der Waals surface area (Å²) in [6, 6.07) is 14.7. The average molecular weight is 424 g/mol. The van der Waals surface area contributed by atoms with Gasteiger partial charge in [-0.05, 0) is 79.9 Å². The Bertz CT molecular complexity index is 1260. The van der Waals surface area contributed by atoms with Gasteiger partial charge < -0.3 is 9.73 Å². The van der Waals surface area contributed by atoms with Crippen molar-refractivity contribution in [3.05, 3.63) is 59.4 Å². The van der Waals surface area contributed by atoms with E-state index in [9.17, 15) is 4.39 Å². The number of oxazole rings is 1. The van der Waals surface area contributed by atoms with Gasteiger partial charge in [-0.1, -0.05) is 0 Å². The number of rotatable bonds is 3. The third-order valence-corrected chi connectivity index (χ3v) is 5.33. The minimum absolute atomic E-state index is 0. The number of pyridine rings is 1. The minimum atomic E-state index is -0.396. The maximum Gasteiger partial charge on any atom is 0.301 e. The molecule has 0 saturated carbocycles. The summed E-state index contributed by atoms with van der Waals surface area (Å²) < 4.78 is 20.2. The number of aromatic nitrogens is 2. The molecule has 4 aromatic rings. The summed E-state index contributed by atoms with van der Waals surface area (Å²) in [6.45, 7) is 1.89. The summed E-state index contributed by atoms with van der Waals surface area (Å²) in [6.07, 6.45) is 1.98. The van der Waals surface area contributed by atoms with Gasteiger partial charge in [0.25, 0.3) is 0 Å². The van der Waals surface area contributed by atoms with Crippen molar-refractivity contribution >= 4 is 46.2 Å². The molecule has 0 radical (unpaired) electrons. The molecule has 2 aromatic heterocycles. The van der Waals surface area contributed by atoms with Crippen LogP contribution in [0.1, 0.15) is 29.9 Å². The Morgan fingerprint density at radius 2 is 1.90 bits per heavy atom. The first-order chi connectivity index (χ1) is 14.2. The Morgan fingerprint density at radius 1 is 1.07 bits per heavy atom. The summed E-state index contributed by atoms with van der Waals surface area (Å²) >= 11 is 0. The zero-order valence-corrected chi connectivity index (χ0v) is 16.8. The van der Waals surface area contributed by atoms with E-state index in [1.165, 1.54) is 0 Å². The van der Waals surface area contributed by atoms with Crippen molar-refractivity contribution in [2.24, 2.45) is 0 Å². The van der Waals surface area contributed by atoms with Crippen LogP contribution < -0.4 is 10.6 Å². The highest BCUT2D eigenvalue weighted by atomic mass is 35.5. The second-order valence-corrected chi connectivity index (χ2v) is 7.24. The van der Waals surface area contributed by atoms with Crippen LogP contribution in [-0.4, -0.2) is 23.1 Å². The molecular weight excluding hydrogens is 405 g/mol. The molecule has 1 aliphatic rings. The fraction of sp³-hybridized carbons (Fsp3) is 0.227. The summed E-state index contributed by atoms with van der Waals surface area (Å²) in [4.78, 5) is 8.92. The predicted molar refractivity (Wildman–Crippen MR) is 116 cm³/mol. The minimum Gasteiger partial charge on any atom is -0.420 e. The third-order valence-electron chi connectivity index (χ3n) is 5.33. The molecule has 0 aliphatic carbocycles. The van der Waals surface area contributed by atoms with Gasteiger partial charge in [-0.3, -0.25) is 5.32 Å². The van der Waals surface area contributed by atoms with Gasteiger partial charge in [-0.2, -0.15) is 10.2 Å². The molecule has 152 valence electrons. The molecule has 0 amide bonds. The van der Waals surface area contributed by atoms with E-state index in [-0.39, 0.29) is 24.0 Å². The number of anilines is 2. The smallest absolute Gasteiger partial charge is 0.301 e. The molecule has 1 aliphatic heterocycles. The zero-order chi connectivity index (χ0) is 19.8. The average Bonchev–Trinajstić information content (AvgIpc) is 3.17. The number of hydrogen-bond donors (Lipinski definition) is 2. The monoisotopic (exact) mass is 423 g/mol. The predicted octanol–water partition coefficient (Wildman–Crippen LogP) is 5.02. The highest BCUT2D eigenvalue weighted by molar-refractivity contribution is 5.85. The van der Waals surface area contributed by atoms with Crippen molar-refractivity contribution in [3.8, 4) is 6.07 Å². The molecule has 30 heavy (non-hydrogen) atoms. The van der Waals surface area contributed by atoms with Gasteiger partial charge >= 0.3 is 6.01 Å². The normalized spacial score (nSPS) is 14.4. The highest BCUT2D eigenvalue weighted by Gasteiger charge is 2.19. The van der Waals surface area contributed by atoms with E-state index in [2.05, 4.69) is 26.7 Å². The van der Waals surface area contributed by atoms with Crippen molar-refractivity contribution in [1.29, 1.82) is 5.26 Å². The van der Waals surface area contributed by atoms with Crippen molar-refractivity contribution in [3.63, 3.8) is 0 Å². The zero-order valence-electron chi connectivity index (χ0n) is 16.0. The third kappa shape index (κ3) is 3.80. The Labute approximate surface area is 178 Å². The molecule has 0 atom stereocenters. The van der Waals surface area contributed by atoms with Gasteiger partial charge in [0.15, 0.2) is 11.4 Å². The molecule has 0 bridgehead atoms. The number of piperidine rings is 1. The van der Waals surface area contributed by atoms with Crippen LogP contribution in [0.2, 0.25) is 0 Å². The van der Waals surface area contributed by atoms with Crippen LogP contribution in [0.4, 0.5) is 16.2 Å². The molecule has 1 saturated heterocycles. The molecule has 5 rings (SSSR count). The SMILES string of the molecule is Cl.N#Cc1ccc2nc(Nc3nc4cc(C5CCNCC5)cc(F)c4o3)ccc2c1. The van der Waals surface area contributed by atoms with E-state index in [1.54, 1.807) is 30.3 Å². The fourth-order valence-corrected chi connectivity index (χ4v) is 3.83. The Kier molecular flexibility index (Phi) is 5.53. The van der Waals surface area contributed by atoms with Crippen LogP contribution in [0.15, 0.2) is 46.9 Å². The molecule has 0 unspecified atom stereocenters. The van der Waals surface area contributed by atoms with E-state index in [0.29, 0.717) is 22.8 Å². The standard InChI is InChI=1S/C22H18FN5O.ClH/c23-17-10-16(14-5-7-25-8-6-14)11-19-21(17)29-22(27-19)28-20-4-2-15-9-13(12-24)1-3-18(15)26-20;/h1-4,9-11,14,25H,5-8H2,(H,26,27,28);1H. The maximum atomic E-state index is 14.6. The van der Waals surface area contributed by atoms with Crippen molar-refractivity contribution < 1.29 is 8.81 Å². The van der Waals surface area contributed by atoms with Gasteiger partial charge in [-0.15, -0.1) is 12.4 Å². The summed E-state index contributed by atoms with van der Waals surface area (Å²) in [5, 5.41) is 16.2. The molecular formula is C22H19ClFN5O. The fourth-order valence-electron chi connectivity index (χ4n) is 3.83. The number of halogens is 2. The van der Waals surface area contributed by atoms with E-state index in [0.717, 1.165) is 42.4 Å². The van der Waals surface area contributed by atoms with Crippen LogP contribution in [-0.2, 0) is 0 Å². The van der Waals surface area contributed by atoms with Crippen LogP contribution >= 0.6 is 12.4 Å². The number of nitriles is 1. The van der Waals surface area contributed by atoms with Crippen LogP contribution in [0.3, 0.4) is 0 Å². The van der Waals surface area contributed by atoms with Gasteiger partial charge in [0.05, 0.1) is 17.1 Å². The van der Waals surface area contributed by atoms with Crippen molar-refractivity contribution in [2.75, 3.05) is 18.4 Å². The van der Waals surface area contributed by atoms with Gasteiger partial charge in [0.2, 0.25) is 0 Å². The molecule has 1 fully saturated rings. The van der Waals surface area contributed by atoms with Gasteiger partial charge in [0, 0.05) is 5.39 Å². The summed E-state index contributed by atoms with van der Waals surface area (Å²) in [5.74, 6) is 0.476. The molecule has 6 nitrogen and oxygen atoms in total. The van der Waals surface area contributed by atoms with Crippen LogP contribution in [0.5, 0.6) is 0 Å². The lowest BCUT2D eigenvalue weighted by atomic mass is 9.90. The van der Waals surface area contributed by atoms with E-state index >= 15 is 0 Å². The molecule has 2 N–H and O–H groups in total. The van der Waals surface area contributed by atoms with Crippen molar-refractivity contribution in [2.45, 2.75) is 18.8 Å². The van der Waals surface area contributed by atoms with Crippen LogP contribution in [0.25, 0.3) is 22.0 Å². The Morgan fingerprint density at radius 3 is 2.70 bits per heavy atom. The van der Waals surface area contributed by atoms with E-state index in [1.807, 2.05) is 12.1 Å². The number of hydrogen-bond acceptors (Lipinski definition) is 6. The Hall–Kier alpha value is -3.21. The van der Waals surface area contributed by atoms with E-state index in [4.69, 9.17) is 9.68 Å². The second kappa shape index (κ2) is 8.27. The largest absolute Gasteiger partial charge is 0.420 e. The number of fused-ring (bicyclic) bond motifs is 2. The topological polar surface area (TPSA) is 86.8 Å². The first-order valence-electron chi connectivity index (χ1n) is 9.58. The maximum absolute atomic E-state index is 14.6. The van der Waals surface area contributed by atoms with E-state index < -0.39 is 5.82 Å². The van der Waals surface area contributed by atoms with Crippen molar-refractivity contribution in [1.82, 2.24) is 15.3 Å². The number of nitrogens with one attached hydrogen (secondary N) is 2. The first kappa shape index (κ1) is 20.1. The molecule has 3 heterocycles. The summed E-state index contributed by atoms with van der Waals surface area (Å²) in [7, 11) is 0. The lowest BCUT2D eigenvalue weighted by Crippen LogP contribution is -2.26. The number of nitrogens with zero attached hydrogens (tertiary/aromatic N) is 3. The summed E-state index contributed by atoms with van der Waals surface area (Å²) in [5.41, 5.74) is 2.93. The van der Waals surface area contributed by atoms with Gasteiger partial charge in [0.1, 0.15) is 11.3 Å². The second-order valence-electron chi connectivity index (χ2n) is 7.24. The number of benzene rings is 2. The lowest BCUT2D eigenvalue weighted by molar-refractivity contribution is 0.458. The quantitative estimate of drug-likeness (QED) is 0.481. The Balaban J connectivity index is 0.00000218. The first-order valence-corrected chi connectivity index (χ1v) is 9.58.